The molecule has 0 saturated carbocycles. The van der Waals surface area contributed by atoms with Crippen molar-refractivity contribution in [1.29, 1.82) is 0 Å². The number of ether oxygens (including phenoxy) is 4. The van der Waals surface area contributed by atoms with Crippen molar-refractivity contribution in [3.8, 4) is 17.5 Å². The first-order valence-electron chi connectivity index (χ1n) is 11.2. The van der Waals surface area contributed by atoms with Crippen LogP contribution in [-0.4, -0.2) is 65.6 Å². The van der Waals surface area contributed by atoms with Gasteiger partial charge in [0.1, 0.15) is 17.5 Å². The van der Waals surface area contributed by atoms with Crippen LogP contribution in [0.5, 0.6) is 17.5 Å². The monoisotopic (exact) mass is 472 g/mol. The second kappa shape index (κ2) is 11.6. The number of hydrogen-bond donors (Lipinski definition) is 0. The molecule has 2 heterocycles. The highest BCUT2D eigenvalue weighted by molar-refractivity contribution is 5.98. The summed E-state index contributed by atoms with van der Waals surface area (Å²) in [6.07, 6.45) is 1.05. The number of hydrogen-bond acceptors (Lipinski definition) is 9. The number of nitrogens with zero attached hydrogens (tertiary/aromatic N) is 4. The lowest BCUT2D eigenvalue weighted by atomic mass is 10.1. The first-order chi connectivity index (χ1) is 16.2. The number of rotatable bonds is 8. The van der Waals surface area contributed by atoms with Gasteiger partial charge >= 0.3 is 6.09 Å². The summed E-state index contributed by atoms with van der Waals surface area (Å²) in [4.78, 5) is 19.3. The summed E-state index contributed by atoms with van der Waals surface area (Å²) in [7, 11) is 1.57. The fraction of sp³-hybridized carbons (Fsp3) is 0.500. The Balaban J connectivity index is 1.46. The van der Waals surface area contributed by atoms with Gasteiger partial charge in [0.15, 0.2) is 6.79 Å². The average Bonchev–Trinajstić information content (AvgIpc) is 2.82. The highest BCUT2D eigenvalue weighted by atomic mass is 16.7. The van der Waals surface area contributed by atoms with Crippen LogP contribution < -0.4 is 14.3 Å². The molecule has 0 aliphatic carbocycles. The van der Waals surface area contributed by atoms with Crippen molar-refractivity contribution in [2.75, 3.05) is 27.0 Å². The van der Waals surface area contributed by atoms with Crippen LogP contribution >= 0.6 is 0 Å². The summed E-state index contributed by atoms with van der Waals surface area (Å²) in [6.45, 7) is 8.74. The topological polar surface area (TPSA) is 105 Å². The summed E-state index contributed by atoms with van der Waals surface area (Å²) in [5.41, 5.74) is 1.06. The Morgan fingerprint density at radius 1 is 1.06 bits per heavy atom. The zero-order chi connectivity index (χ0) is 24.6. The van der Waals surface area contributed by atoms with E-state index < -0.39 is 5.60 Å². The smallest absolute Gasteiger partial charge is 0.410 e. The molecule has 1 aliphatic rings. The third-order valence-electron chi connectivity index (χ3n) is 4.89. The van der Waals surface area contributed by atoms with Crippen LogP contribution in [0.4, 0.5) is 4.79 Å². The maximum atomic E-state index is 12.2. The van der Waals surface area contributed by atoms with Crippen LogP contribution in [-0.2, 0) is 9.47 Å². The Bertz CT molecular complexity index is 949. The lowest BCUT2D eigenvalue weighted by Crippen LogP contribution is -2.44. The molecule has 1 aromatic heterocycles. The van der Waals surface area contributed by atoms with E-state index in [1.54, 1.807) is 24.1 Å². The van der Waals surface area contributed by atoms with Crippen LogP contribution in [0.25, 0.3) is 0 Å². The molecule has 3 rings (SSSR count). The lowest BCUT2D eigenvalue weighted by Gasteiger charge is -2.33. The summed E-state index contributed by atoms with van der Waals surface area (Å²) < 4.78 is 21.6. The Morgan fingerprint density at radius 2 is 1.71 bits per heavy atom. The molecule has 2 aromatic rings. The van der Waals surface area contributed by atoms with Gasteiger partial charge in [-0.15, -0.1) is 10.2 Å². The first kappa shape index (κ1) is 25.2. The molecule has 10 nitrogen and oxygen atoms in total. The molecule has 1 fully saturated rings. The SMILES string of the molecule is COCOc1ccc(/C(C)=N\Oc2ccc(OC3CCN(C(=O)OC(C)(C)C)CC3)nn2)cc1. The van der Waals surface area contributed by atoms with Crippen molar-refractivity contribution < 1.29 is 28.6 Å². The van der Waals surface area contributed by atoms with Gasteiger partial charge in [-0.3, -0.25) is 0 Å². The highest BCUT2D eigenvalue weighted by Gasteiger charge is 2.27. The van der Waals surface area contributed by atoms with E-state index >= 15 is 0 Å². The van der Waals surface area contributed by atoms with Crippen molar-refractivity contribution in [2.45, 2.75) is 52.2 Å². The quantitative estimate of drug-likeness (QED) is 0.322. The number of aromatic nitrogens is 2. The zero-order valence-electron chi connectivity index (χ0n) is 20.3. The molecule has 184 valence electrons. The molecule has 34 heavy (non-hydrogen) atoms. The average molecular weight is 473 g/mol. The molecule has 1 amide bonds. The van der Waals surface area contributed by atoms with Crippen molar-refractivity contribution in [1.82, 2.24) is 15.1 Å². The number of carbonyl (C=O) groups is 1. The molecular formula is C24H32N4O6. The second-order valence-corrected chi connectivity index (χ2v) is 8.84. The van der Waals surface area contributed by atoms with E-state index in [0.717, 1.165) is 5.56 Å². The minimum atomic E-state index is -0.504. The molecule has 1 saturated heterocycles. The van der Waals surface area contributed by atoms with E-state index in [1.807, 2.05) is 52.0 Å². The summed E-state index contributed by atoms with van der Waals surface area (Å²) >= 11 is 0. The Hall–Kier alpha value is -3.40. The molecule has 1 aromatic carbocycles. The summed E-state index contributed by atoms with van der Waals surface area (Å²) in [6, 6.07) is 10.8. The number of oxime groups is 1. The zero-order valence-corrected chi connectivity index (χ0v) is 20.3. The van der Waals surface area contributed by atoms with Crippen LogP contribution in [0.3, 0.4) is 0 Å². The van der Waals surface area contributed by atoms with Crippen LogP contribution in [0, 0.1) is 0 Å². The maximum Gasteiger partial charge on any atom is 0.410 e. The highest BCUT2D eigenvalue weighted by Crippen LogP contribution is 2.20. The summed E-state index contributed by atoms with van der Waals surface area (Å²) in [5, 5.41) is 12.2. The number of amides is 1. The second-order valence-electron chi connectivity index (χ2n) is 8.84. The molecular weight excluding hydrogens is 440 g/mol. The molecule has 0 atom stereocenters. The minimum absolute atomic E-state index is 0.0455. The van der Waals surface area contributed by atoms with Gasteiger partial charge in [0.05, 0.1) is 5.71 Å². The standard InChI is InChI=1S/C24H32N4O6/c1-17(18-6-8-19(9-7-18)31-16-30-5)27-34-22-11-10-21(25-26-22)32-20-12-14-28(15-13-20)23(29)33-24(2,3)4/h6-11,20H,12-16H2,1-5H3/b27-17-. The van der Waals surface area contributed by atoms with Gasteiger partial charge < -0.3 is 28.7 Å². The Morgan fingerprint density at radius 3 is 2.29 bits per heavy atom. The number of likely N-dealkylation sites (tertiary alicyclic amines) is 1. The fourth-order valence-corrected chi connectivity index (χ4v) is 3.16. The third-order valence-corrected chi connectivity index (χ3v) is 4.89. The van der Waals surface area contributed by atoms with E-state index in [2.05, 4.69) is 15.4 Å². The van der Waals surface area contributed by atoms with E-state index in [0.29, 0.717) is 43.3 Å². The predicted molar refractivity (Wildman–Crippen MR) is 125 cm³/mol. The van der Waals surface area contributed by atoms with E-state index in [9.17, 15) is 4.79 Å². The largest absolute Gasteiger partial charge is 0.473 e. The van der Waals surface area contributed by atoms with Crippen molar-refractivity contribution >= 4 is 11.8 Å². The minimum Gasteiger partial charge on any atom is -0.473 e. The van der Waals surface area contributed by atoms with Crippen molar-refractivity contribution in [3.63, 3.8) is 0 Å². The number of piperidine rings is 1. The van der Waals surface area contributed by atoms with Crippen LogP contribution in [0.2, 0.25) is 0 Å². The van der Waals surface area contributed by atoms with Crippen LogP contribution in [0.1, 0.15) is 46.1 Å². The maximum absolute atomic E-state index is 12.2. The van der Waals surface area contributed by atoms with E-state index in [-0.39, 0.29) is 24.9 Å². The molecule has 0 N–H and O–H groups in total. The van der Waals surface area contributed by atoms with Gasteiger partial charge in [-0.05, 0) is 57.5 Å². The lowest BCUT2D eigenvalue weighted by molar-refractivity contribution is 0.0122. The molecule has 0 bridgehead atoms. The predicted octanol–water partition coefficient (Wildman–Crippen LogP) is 4.04. The fourth-order valence-electron chi connectivity index (χ4n) is 3.16. The first-order valence-corrected chi connectivity index (χ1v) is 11.2. The van der Waals surface area contributed by atoms with Gasteiger partial charge in [-0.1, -0.05) is 5.16 Å². The van der Waals surface area contributed by atoms with Crippen LogP contribution in [0.15, 0.2) is 41.6 Å². The van der Waals surface area contributed by atoms with Crippen molar-refractivity contribution in [3.05, 3.63) is 42.0 Å². The summed E-state index contributed by atoms with van der Waals surface area (Å²) in [5.74, 6) is 1.36. The molecule has 0 unspecified atom stereocenters. The van der Waals surface area contributed by atoms with Gasteiger partial charge in [0.2, 0.25) is 5.88 Å². The van der Waals surface area contributed by atoms with Crippen molar-refractivity contribution in [2.24, 2.45) is 5.16 Å². The molecule has 0 spiro atoms. The van der Waals surface area contributed by atoms with Gasteiger partial charge in [0.25, 0.3) is 5.88 Å². The Kier molecular flexibility index (Phi) is 8.64. The van der Waals surface area contributed by atoms with E-state index in [1.165, 1.54) is 0 Å². The third kappa shape index (κ3) is 7.87. The van der Waals surface area contributed by atoms with Gasteiger partial charge in [-0.2, -0.15) is 0 Å². The Labute approximate surface area is 199 Å². The number of methoxy groups -OCH3 is 1. The van der Waals surface area contributed by atoms with E-state index in [4.69, 9.17) is 23.8 Å². The molecule has 10 heteroatoms. The molecule has 1 aliphatic heterocycles. The molecule has 0 radical (unpaired) electrons. The normalized spacial score (nSPS) is 15.1. The van der Waals surface area contributed by atoms with Gasteiger partial charge in [-0.25, -0.2) is 4.79 Å². The number of carbonyl (C=O) groups excluding carboxylic acids is 1. The number of benzene rings is 1. The van der Waals surface area contributed by atoms with Gasteiger partial charge in [0, 0.05) is 45.2 Å².